The fraction of sp³-hybridized carbons (Fsp3) is 0.364. The van der Waals surface area contributed by atoms with E-state index < -0.39 is 35.6 Å². The van der Waals surface area contributed by atoms with Crippen LogP contribution in [0.2, 0.25) is 0 Å². The van der Waals surface area contributed by atoms with E-state index >= 15 is 0 Å². The third-order valence-corrected chi connectivity index (χ3v) is 10.1. The highest BCUT2D eigenvalue weighted by Gasteiger charge is 2.45. The lowest BCUT2D eigenvalue weighted by Gasteiger charge is -2.27. The molecule has 0 saturated carbocycles. The molecular weight excluding hydrogens is 805 g/mol. The Bertz CT molecular complexity index is 2330. The maximum Gasteiger partial charge on any atom is 0.311 e. The highest BCUT2D eigenvalue weighted by molar-refractivity contribution is 6.26. The third-order valence-electron chi connectivity index (χ3n) is 10.1. The highest BCUT2D eigenvalue weighted by atomic mass is 16.6. The van der Waals surface area contributed by atoms with E-state index in [0.29, 0.717) is 74.2 Å². The number of aromatic nitrogens is 3. The van der Waals surface area contributed by atoms with E-state index in [0.717, 1.165) is 21.7 Å². The molecule has 326 valence electrons. The van der Waals surface area contributed by atoms with Gasteiger partial charge in [-0.05, 0) is 73.2 Å². The fourth-order valence-electron chi connectivity index (χ4n) is 6.99. The predicted molar refractivity (Wildman–Crippen MR) is 223 cm³/mol. The lowest BCUT2D eigenvalue weighted by molar-refractivity contribution is -0.136. The van der Waals surface area contributed by atoms with Gasteiger partial charge in [-0.2, -0.15) is 0 Å². The maximum absolute atomic E-state index is 13.3. The van der Waals surface area contributed by atoms with Crippen LogP contribution in [0.15, 0.2) is 54.7 Å². The number of anilines is 1. The van der Waals surface area contributed by atoms with Crippen LogP contribution in [0.4, 0.5) is 5.69 Å². The molecule has 0 aliphatic carbocycles. The summed E-state index contributed by atoms with van der Waals surface area (Å²) in [7, 11) is 6.16. The molecule has 2 aliphatic heterocycles. The predicted octanol–water partition coefficient (Wildman–Crippen LogP) is 4.64. The van der Waals surface area contributed by atoms with Crippen LogP contribution in [0.1, 0.15) is 82.5 Å². The van der Waals surface area contributed by atoms with Gasteiger partial charge in [0, 0.05) is 45.0 Å². The Labute approximate surface area is 357 Å². The number of aryl methyl sites for hydroxylation is 1. The summed E-state index contributed by atoms with van der Waals surface area (Å²) in [5.41, 5.74) is 2.59. The summed E-state index contributed by atoms with van der Waals surface area (Å²) in [6, 6.07) is 12.4. The van der Waals surface area contributed by atoms with Crippen molar-refractivity contribution in [1.82, 2.24) is 25.2 Å². The van der Waals surface area contributed by atoms with Crippen molar-refractivity contribution in [1.29, 1.82) is 0 Å². The summed E-state index contributed by atoms with van der Waals surface area (Å²) >= 11 is 0. The molecule has 1 fully saturated rings. The Hall–Kier alpha value is -7.08. The maximum atomic E-state index is 13.3. The number of esters is 1. The quantitative estimate of drug-likeness (QED) is 0.0384. The molecule has 3 heterocycles. The second kappa shape index (κ2) is 20.9. The lowest BCUT2D eigenvalue weighted by Crippen LogP contribution is -2.54. The van der Waals surface area contributed by atoms with E-state index in [1.807, 2.05) is 30.4 Å². The average Bonchev–Trinajstić information content (AvgIpc) is 3.82. The van der Waals surface area contributed by atoms with Crippen LogP contribution in [-0.4, -0.2) is 103 Å². The van der Waals surface area contributed by atoms with Crippen LogP contribution in [0.3, 0.4) is 0 Å². The number of imide groups is 2. The largest absolute Gasteiger partial charge is 0.493 e. The topological polar surface area (TPSA) is 216 Å². The zero-order chi connectivity index (χ0) is 44.2. The van der Waals surface area contributed by atoms with Crippen LogP contribution >= 0.6 is 0 Å². The van der Waals surface area contributed by atoms with Gasteiger partial charge >= 0.3 is 5.97 Å². The lowest BCUT2D eigenvalue weighted by atomic mass is 10.0. The van der Waals surface area contributed by atoms with Gasteiger partial charge in [-0.3, -0.25) is 43.7 Å². The highest BCUT2D eigenvalue weighted by Crippen LogP contribution is 2.39. The van der Waals surface area contributed by atoms with E-state index in [9.17, 15) is 28.8 Å². The van der Waals surface area contributed by atoms with Gasteiger partial charge in [-0.25, -0.2) is 0 Å². The van der Waals surface area contributed by atoms with Crippen molar-refractivity contribution in [2.45, 2.75) is 64.0 Å². The number of piperidine rings is 1. The molecule has 0 radical (unpaired) electrons. The first-order valence-corrected chi connectivity index (χ1v) is 20.0. The molecule has 18 nitrogen and oxygen atoms in total. The number of rotatable bonds is 21. The van der Waals surface area contributed by atoms with Gasteiger partial charge in [0.25, 0.3) is 11.8 Å². The minimum Gasteiger partial charge on any atom is -0.493 e. The zero-order valence-corrected chi connectivity index (χ0v) is 34.9. The number of carbonyl (C=O) groups excluding carboxylic acids is 6. The van der Waals surface area contributed by atoms with Crippen LogP contribution in [0.25, 0.3) is 12.2 Å². The number of unbranched alkanes of at least 4 members (excludes halogenated alkanes) is 1. The third kappa shape index (κ3) is 10.8. The molecular formula is C44H48N6O12. The second-order valence-corrected chi connectivity index (χ2v) is 14.3. The number of nitrogens with one attached hydrogen (secondary N) is 2. The van der Waals surface area contributed by atoms with Crippen LogP contribution in [0.5, 0.6) is 28.7 Å². The molecule has 62 heavy (non-hydrogen) atoms. The van der Waals surface area contributed by atoms with Gasteiger partial charge in [-0.1, -0.05) is 29.5 Å². The summed E-state index contributed by atoms with van der Waals surface area (Å²) in [6.45, 7) is 1.26. The molecule has 1 saturated heterocycles. The SMILES string of the molecule is COc1ccc(/C=C\c2cc(OC)c(OC)c(OC)c2)cc1OC(=O)CCCCOCCc1cn(CCCC(=O)Nc2cccc3c2C(=O)N(C2CCC(=O)NC2=O)C3=O)nn1. The smallest absolute Gasteiger partial charge is 0.311 e. The van der Waals surface area contributed by atoms with Crippen molar-refractivity contribution in [3.8, 4) is 28.7 Å². The molecule has 1 unspecified atom stereocenters. The van der Waals surface area contributed by atoms with E-state index in [1.165, 1.54) is 19.2 Å². The average molecular weight is 853 g/mol. The molecule has 2 aliphatic rings. The molecule has 5 amide bonds. The monoisotopic (exact) mass is 852 g/mol. The normalized spacial score (nSPS) is 14.8. The first kappa shape index (κ1) is 44.5. The molecule has 6 rings (SSSR count). The Balaban J connectivity index is 0.875. The number of carbonyl (C=O) groups is 6. The van der Waals surface area contributed by atoms with E-state index in [-0.39, 0.29) is 48.4 Å². The van der Waals surface area contributed by atoms with Gasteiger partial charge in [0.15, 0.2) is 23.0 Å². The van der Waals surface area contributed by atoms with Gasteiger partial charge in [0.05, 0.1) is 57.6 Å². The molecule has 4 aromatic rings. The molecule has 2 N–H and O–H groups in total. The molecule has 1 atom stereocenters. The summed E-state index contributed by atoms with van der Waals surface area (Å²) in [6.07, 6.45) is 8.01. The Morgan fingerprint density at radius 2 is 1.56 bits per heavy atom. The molecule has 18 heteroatoms. The van der Waals surface area contributed by atoms with Crippen LogP contribution in [-0.2, 0) is 36.9 Å². The van der Waals surface area contributed by atoms with Gasteiger partial charge in [0.1, 0.15) is 6.04 Å². The molecule has 1 aromatic heterocycles. The van der Waals surface area contributed by atoms with E-state index in [1.54, 1.807) is 50.4 Å². The number of hydrogen-bond acceptors (Lipinski definition) is 14. The first-order chi connectivity index (χ1) is 30.0. The summed E-state index contributed by atoms with van der Waals surface area (Å²) in [5, 5.41) is 13.2. The van der Waals surface area contributed by atoms with Crippen molar-refractivity contribution >= 4 is 53.3 Å². The number of hydrogen-bond donors (Lipinski definition) is 2. The molecule has 0 bridgehead atoms. The van der Waals surface area contributed by atoms with E-state index in [2.05, 4.69) is 20.9 Å². The summed E-state index contributed by atoms with van der Waals surface area (Å²) in [5.74, 6) is -0.982. The second-order valence-electron chi connectivity index (χ2n) is 14.3. The van der Waals surface area contributed by atoms with Crippen molar-refractivity contribution in [3.63, 3.8) is 0 Å². The van der Waals surface area contributed by atoms with Crippen molar-refractivity contribution < 1.29 is 57.2 Å². The number of amides is 5. The first-order valence-electron chi connectivity index (χ1n) is 20.0. The van der Waals surface area contributed by atoms with Crippen molar-refractivity contribution in [2.24, 2.45) is 0 Å². The number of nitrogens with zero attached hydrogens (tertiary/aromatic N) is 4. The van der Waals surface area contributed by atoms with Gasteiger partial charge in [0.2, 0.25) is 23.5 Å². The van der Waals surface area contributed by atoms with Crippen LogP contribution in [0, 0.1) is 0 Å². The van der Waals surface area contributed by atoms with Gasteiger partial charge < -0.3 is 33.7 Å². The minimum absolute atomic E-state index is 0.00702. The number of methoxy groups -OCH3 is 4. The molecule has 0 spiro atoms. The van der Waals surface area contributed by atoms with E-state index in [4.69, 9.17) is 28.4 Å². The summed E-state index contributed by atoms with van der Waals surface area (Å²) < 4.78 is 34.7. The standard InChI is InChI=1S/C44H48N6O12/c1-57-33-17-15-27(13-14-28-24-35(58-2)41(60-4)36(25-28)59-3)23-34(33)62-39(53)12-5-6-21-61-22-19-29-26-49(48-47-29)20-8-11-37(51)45-31-10-7-9-30-40(31)44(56)50(43(30)55)32-16-18-38(52)46-42(32)54/h7,9-10,13-15,17,23-26,32H,5-6,8,11-12,16,18-22H2,1-4H3,(H,45,51)(H,46,52,54)/b14-13-. The Morgan fingerprint density at radius 1 is 0.823 bits per heavy atom. The van der Waals surface area contributed by atoms with Crippen LogP contribution < -0.4 is 34.3 Å². The number of fused-ring (bicyclic) bond motifs is 1. The Morgan fingerprint density at radius 3 is 2.29 bits per heavy atom. The minimum atomic E-state index is -1.10. The zero-order valence-electron chi connectivity index (χ0n) is 34.9. The number of ether oxygens (including phenoxy) is 6. The fourth-order valence-corrected chi connectivity index (χ4v) is 6.99. The van der Waals surface area contributed by atoms with Gasteiger partial charge in [-0.15, -0.1) is 5.10 Å². The molecule has 3 aromatic carbocycles. The summed E-state index contributed by atoms with van der Waals surface area (Å²) in [4.78, 5) is 76.8. The number of benzene rings is 3. The van der Waals surface area contributed by atoms with Crippen molar-refractivity contribution in [3.05, 3.63) is 82.7 Å². The van der Waals surface area contributed by atoms with Crippen molar-refractivity contribution in [2.75, 3.05) is 47.0 Å². The Kier molecular flexibility index (Phi) is 15.0.